The van der Waals surface area contributed by atoms with Crippen molar-refractivity contribution in [3.63, 3.8) is 0 Å². The molecule has 1 aliphatic carbocycles. The molecule has 3 N–H and O–H groups in total. The topological polar surface area (TPSA) is 72.2 Å². The van der Waals surface area contributed by atoms with Gasteiger partial charge in [0.05, 0.1) is 5.69 Å². The van der Waals surface area contributed by atoms with Gasteiger partial charge in [0, 0.05) is 16.3 Å². The zero-order chi connectivity index (χ0) is 14.0. The van der Waals surface area contributed by atoms with Crippen LogP contribution >= 0.6 is 23.4 Å². The monoisotopic (exact) mass is 320 g/mol. The Hall–Kier alpha value is -0.430. The number of nitrogen functional groups attached to an aromatic ring is 1. The van der Waals surface area contributed by atoms with Gasteiger partial charge in [-0.15, -0.1) is 0 Å². The van der Waals surface area contributed by atoms with E-state index in [9.17, 15) is 8.42 Å². The summed E-state index contributed by atoms with van der Waals surface area (Å²) in [5.41, 5.74) is 5.91. The summed E-state index contributed by atoms with van der Waals surface area (Å²) in [4.78, 5) is 0.101. The van der Waals surface area contributed by atoms with Gasteiger partial charge in [-0.05, 0) is 43.7 Å². The van der Waals surface area contributed by atoms with Crippen LogP contribution in [0.1, 0.15) is 19.3 Å². The highest BCUT2D eigenvalue weighted by Crippen LogP contribution is 2.30. The Bertz CT molecular complexity index is 563. The Balaban J connectivity index is 2.14. The van der Waals surface area contributed by atoms with Gasteiger partial charge in [0.1, 0.15) is 4.90 Å². The molecule has 0 heterocycles. The fourth-order valence-electron chi connectivity index (χ4n) is 2.31. The summed E-state index contributed by atoms with van der Waals surface area (Å²) in [5, 5.41) is 0.968. The van der Waals surface area contributed by atoms with Gasteiger partial charge in [-0.3, -0.25) is 0 Å². The minimum atomic E-state index is -3.57. The number of halogens is 1. The van der Waals surface area contributed by atoms with Crippen LogP contribution in [0.15, 0.2) is 23.1 Å². The molecule has 106 valence electrons. The third kappa shape index (κ3) is 3.56. The second-order valence-corrected chi connectivity index (χ2v) is 7.93. The lowest BCUT2D eigenvalue weighted by atomic mass is 10.3. The average molecular weight is 321 g/mol. The largest absolute Gasteiger partial charge is 0.398 e. The van der Waals surface area contributed by atoms with Gasteiger partial charge in [0.25, 0.3) is 0 Å². The zero-order valence-corrected chi connectivity index (χ0v) is 13.0. The molecule has 1 aromatic rings. The van der Waals surface area contributed by atoms with E-state index in [1.807, 2.05) is 0 Å². The molecular formula is C12H17ClN2O2S2. The lowest BCUT2D eigenvalue weighted by Crippen LogP contribution is -2.33. The minimum Gasteiger partial charge on any atom is -0.398 e. The van der Waals surface area contributed by atoms with Crippen molar-refractivity contribution in [1.82, 2.24) is 4.72 Å². The summed E-state index contributed by atoms with van der Waals surface area (Å²) in [5.74, 6) is 0. The van der Waals surface area contributed by atoms with Crippen LogP contribution < -0.4 is 10.5 Å². The molecule has 1 saturated carbocycles. The van der Waals surface area contributed by atoms with Crippen LogP contribution in [-0.4, -0.2) is 26.0 Å². The molecule has 2 unspecified atom stereocenters. The van der Waals surface area contributed by atoms with E-state index in [0.29, 0.717) is 10.3 Å². The normalized spacial score (nSPS) is 23.7. The Morgan fingerprint density at radius 1 is 1.42 bits per heavy atom. The molecule has 0 radical (unpaired) electrons. The number of benzene rings is 1. The second-order valence-electron chi connectivity index (χ2n) is 4.67. The van der Waals surface area contributed by atoms with Gasteiger partial charge < -0.3 is 5.73 Å². The van der Waals surface area contributed by atoms with Gasteiger partial charge in [-0.25, -0.2) is 13.1 Å². The molecule has 1 aromatic carbocycles. The Morgan fingerprint density at radius 2 is 2.16 bits per heavy atom. The van der Waals surface area contributed by atoms with E-state index in [1.165, 1.54) is 18.2 Å². The van der Waals surface area contributed by atoms with E-state index in [4.69, 9.17) is 17.3 Å². The first-order chi connectivity index (χ1) is 8.92. The average Bonchev–Trinajstić information content (AvgIpc) is 2.75. The van der Waals surface area contributed by atoms with Crippen molar-refractivity contribution in [2.75, 3.05) is 12.0 Å². The van der Waals surface area contributed by atoms with Crippen molar-refractivity contribution < 1.29 is 8.42 Å². The van der Waals surface area contributed by atoms with Crippen molar-refractivity contribution in [2.45, 2.75) is 35.4 Å². The number of nitrogens with one attached hydrogen (secondary N) is 1. The molecule has 2 atom stereocenters. The highest BCUT2D eigenvalue weighted by molar-refractivity contribution is 7.99. The predicted molar refractivity (Wildman–Crippen MR) is 81.1 cm³/mol. The van der Waals surface area contributed by atoms with E-state index in [-0.39, 0.29) is 16.6 Å². The molecule has 0 bridgehead atoms. The van der Waals surface area contributed by atoms with Gasteiger partial charge in [-0.2, -0.15) is 11.8 Å². The molecule has 0 spiro atoms. The maximum Gasteiger partial charge on any atom is 0.242 e. The summed E-state index contributed by atoms with van der Waals surface area (Å²) < 4.78 is 27.3. The molecule has 0 amide bonds. The first-order valence-corrected chi connectivity index (χ1v) is 9.17. The molecule has 0 aliphatic heterocycles. The third-order valence-corrected chi connectivity index (χ3v) is 6.23. The maximum absolute atomic E-state index is 12.3. The van der Waals surface area contributed by atoms with Crippen LogP contribution in [0.3, 0.4) is 0 Å². The number of anilines is 1. The molecule has 0 aromatic heterocycles. The van der Waals surface area contributed by atoms with Gasteiger partial charge >= 0.3 is 0 Å². The SMILES string of the molecule is CSC1CCC(NS(=O)(=O)c2ccc(Cl)cc2N)C1. The van der Waals surface area contributed by atoms with Crippen LogP contribution in [0.2, 0.25) is 5.02 Å². The van der Waals surface area contributed by atoms with E-state index < -0.39 is 10.0 Å². The lowest BCUT2D eigenvalue weighted by Gasteiger charge is -2.14. The fourth-order valence-corrected chi connectivity index (χ4v) is 4.68. The van der Waals surface area contributed by atoms with Crippen LogP contribution in [0.4, 0.5) is 5.69 Å². The maximum atomic E-state index is 12.3. The predicted octanol–water partition coefficient (Wildman–Crippen LogP) is 2.48. The second kappa shape index (κ2) is 5.91. The first-order valence-electron chi connectivity index (χ1n) is 6.02. The third-order valence-electron chi connectivity index (χ3n) is 3.30. The van der Waals surface area contributed by atoms with Crippen molar-refractivity contribution in [1.29, 1.82) is 0 Å². The van der Waals surface area contributed by atoms with Crippen LogP contribution in [0, 0.1) is 0 Å². The fraction of sp³-hybridized carbons (Fsp3) is 0.500. The number of rotatable bonds is 4. The van der Waals surface area contributed by atoms with Crippen molar-refractivity contribution >= 4 is 39.1 Å². The molecule has 1 fully saturated rings. The summed E-state index contributed by atoms with van der Waals surface area (Å²) in [7, 11) is -3.57. The quantitative estimate of drug-likeness (QED) is 0.836. The highest BCUT2D eigenvalue weighted by Gasteiger charge is 2.29. The minimum absolute atomic E-state index is 0.00229. The number of sulfonamides is 1. The standard InChI is InChI=1S/C12H17ClN2O2S2/c1-18-10-4-3-9(7-10)15-19(16,17)12-5-2-8(13)6-11(12)14/h2,5-6,9-10,15H,3-4,7,14H2,1H3. The van der Waals surface area contributed by atoms with E-state index in [1.54, 1.807) is 11.8 Å². The molecule has 19 heavy (non-hydrogen) atoms. The Labute approximate surface area is 123 Å². The van der Waals surface area contributed by atoms with Crippen molar-refractivity contribution in [2.24, 2.45) is 0 Å². The summed E-state index contributed by atoms with van der Waals surface area (Å²) in [6, 6.07) is 4.43. The number of thioether (sulfide) groups is 1. The van der Waals surface area contributed by atoms with Crippen molar-refractivity contribution in [3.8, 4) is 0 Å². The summed E-state index contributed by atoms with van der Waals surface area (Å²) in [6.07, 6.45) is 4.84. The lowest BCUT2D eigenvalue weighted by molar-refractivity contribution is 0.553. The van der Waals surface area contributed by atoms with E-state index >= 15 is 0 Å². The molecular weight excluding hydrogens is 304 g/mol. The molecule has 0 saturated heterocycles. The highest BCUT2D eigenvalue weighted by atomic mass is 35.5. The Morgan fingerprint density at radius 3 is 2.74 bits per heavy atom. The van der Waals surface area contributed by atoms with E-state index in [0.717, 1.165) is 19.3 Å². The molecule has 2 rings (SSSR count). The van der Waals surface area contributed by atoms with Crippen LogP contribution in [0.5, 0.6) is 0 Å². The molecule has 1 aliphatic rings. The molecule has 7 heteroatoms. The van der Waals surface area contributed by atoms with Crippen LogP contribution in [-0.2, 0) is 10.0 Å². The van der Waals surface area contributed by atoms with Gasteiger partial charge in [0.2, 0.25) is 10.0 Å². The Kier molecular flexibility index (Phi) is 4.66. The van der Waals surface area contributed by atoms with Gasteiger partial charge in [-0.1, -0.05) is 11.6 Å². The smallest absolute Gasteiger partial charge is 0.242 e. The first kappa shape index (κ1) is 15.0. The molecule has 4 nitrogen and oxygen atoms in total. The van der Waals surface area contributed by atoms with Crippen LogP contribution in [0.25, 0.3) is 0 Å². The van der Waals surface area contributed by atoms with Gasteiger partial charge in [0.15, 0.2) is 0 Å². The summed E-state index contributed by atoms with van der Waals surface area (Å²) >= 11 is 7.56. The number of hydrogen-bond donors (Lipinski definition) is 2. The zero-order valence-electron chi connectivity index (χ0n) is 10.6. The number of nitrogens with two attached hydrogens (primary N) is 1. The van der Waals surface area contributed by atoms with Crippen molar-refractivity contribution in [3.05, 3.63) is 23.2 Å². The summed E-state index contributed by atoms with van der Waals surface area (Å²) in [6.45, 7) is 0. The van der Waals surface area contributed by atoms with E-state index in [2.05, 4.69) is 11.0 Å². The number of hydrogen-bond acceptors (Lipinski definition) is 4.